The summed E-state index contributed by atoms with van der Waals surface area (Å²) in [6.07, 6.45) is 3.36. The third-order valence-corrected chi connectivity index (χ3v) is 5.35. The molecule has 3 N–H and O–H groups in total. The number of rotatable bonds is 4. The predicted octanol–water partition coefficient (Wildman–Crippen LogP) is 4.69. The second-order valence-electron chi connectivity index (χ2n) is 5.87. The average Bonchev–Trinajstić information content (AvgIpc) is 2.56. The Morgan fingerprint density at radius 2 is 1.71 bits per heavy atom. The average molecular weight is 391 g/mol. The van der Waals surface area contributed by atoms with Gasteiger partial charge in [0.25, 0.3) is 0 Å². The van der Waals surface area contributed by atoms with Gasteiger partial charge in [0.2, 0.25) is 0 Å². The van der Waals surface area contributed by atoms with E-state index in [-0.39, 0.29) is 10.6 Å². The third-order valence-electron chi connectivity index (χ3n) is 4.01. The van der Waals surface area contributed by atoms with Crippen LogP contribution in [0.2, 0.25) is 0 Å². The third kappa shape index (κ3) is 3.51. The van der Waals surface area contributed by atoms with Gasteiger partial charge in [-0.15, -0.1) is 0 Å². The Balaban J connectivity index is 2.00. The molecule has 0 aromatic heterocycles. The summed E-state index contributed by atoms with van der Waals surface area (Å²) >= 11 is 3.59. The van der Waals surface area contributed by atoms with E-state index in [0.29, 0.717) is 17.8 Å². The smallest absolute Gasteiger partial charge is 0.123 e. The summed E-state index contributed by atoms with van der Waals surface area (Å²) in [6, 6.07) is 15.7. The first-order chi connectivity index (χ1) is 11.5. The van der Waals surface area contributed by atoms with Crippen LogP contribution >= 0.6 is 15.9 Å². The lowest BCUT2D eigenvalue weighted by atomic mass is 9.82. The maximum absolute atomic E-state index is 14.2. The maximum Gasteiger partial charge on any atom is 0.123 e. The minimum absolute atomic E-state index is 0.310. The highest BCUT2D eigenvalue weighted by molar-refractivity contribution is 9.09. The van der Waals surface area contributed by atoms with Gasteiger partial charge in [-0.25, -0.2) is 8.78 Å². The van der Waals surface area contributed by atoms with E-state index in [1.165, 1.54) is 24.3 Å². The molecule has 124 valence electrons. The van der Waals surface area contributed by atoms with Crippen molar-refractivity contribution in [1.82, 2.24) is 0 Å². The monoisotopic (exact) mass is 390 g/mol. The number of allylic oxidation sites excluding steroid dienone is 2. The lowest BCUT2D eigenvalue weighted by molar-refractivity contribution is 0.536. The standard InChI is InChI=1S/C19H17BrF2N2/c20-18-17(23)10-15(22)12-19(18,11-13-4-2-1-3-5-13)24-16-8-6-14(21)7-9-16/h1-10,12,18,24H,11,23H2. The molecular weight excluding hydrogens is 374 g/mol. The molecule has 2 nitrogen and oxygen atoms in total. The number of alkyl halides is 1. The van der Waals surface area contributed by atoms with Crippen LogP contribution < -0.4 is 11.1 Å². The van der Waals surface area contributed by atoms with E-state index in [1.807, 2.05) is 30.3 Å². The van der Waals surface area contributed by atoms with E-state index in [2.05, 4.69) is 21.2 Å². The Hall–Kier alpha value is -2.14. The minimum atomic E-state index is -0.803. The Morgan fingerprint density at radius 3 is 2.38 bits per heavy atom. The number of hydrogen-bond acceptors (Lipinski definition) is 2. The van der Waals surface area contributed by atoms with E-state index >= 15 is 0 Å². The second kappa shape index (κ2) is 6.77. The van der Waals surface area contributed by atoms with Crippen molar-refractivity contribution < 1.29 is 8.78 Å². The zero-order valence-corrected chi connectivity index (χ0v) is 14.4. The quantitative estimate of drug-likeness (QED) is 0.742. The zero-order chi connectivity index (χ0) is 17.2. The Kier molecular flexibility index (Phi) is 4.71. The molecule has 0 aliphatic heterocycles. The van der Waals surface area contributed by atoms with Gasteiger partial charge in [0, 0.05) is 17.8 Å². The molecule has 24 heavy (non-hydrogen) atoms. The Labute approximate surface area is 148 Å². The lowest BCUT2D eigenvalue weighted by Gasteiger charge is -2.39. The number of halogens is 3. The Morgan fingerprint density at radius 1 is 1.04 bits per heavy atom. The molecule has 0 bridgehead atoms. The normalized spacial score (nSPS) is 23.4. The summed E-state index contributed by atoms with van der Waals surface area (Å²) in [4.78, 5) is -0.310. The van der Waals surface area contributed by atoms with Crippen LogP contribution in [0.1, 0.15) is 5.56 Å². The molecule has 1 aliphatic rings. The number of nitrogens with one attached hydrogen (secondary N) is 1. The van der Waals surface area contributed by atoms with Crippen molar-refractivity contribution >= 4 is 21.6 Å². The van der Waals surface area contributed by atoms with Gasteiger partial charge in [-0.2, -0.15) is 0 Å². The molecule has 0 saturated carbocycles. The van der Waals surface area contributed by atoms with Crippen molar-refractivity contribution in [3.63, 3.8) is 0 Å². The summed E-state index contributed by atoms with van der Waals surface area (Å²) in [6.45, 7) is 0. The first-order valence-corrected chi connectivity index (χ1v) is 8.47. The van der Waals surface area contributed by atoms with Gasteiger partial charge < -0.3 is 11.1 Å². The molecule has 2 atom stereocenters. The van der Waals surface area contributed by atoms with Crippen LogP contribution in [-0.4, -0.2) is 10.4 Å². The van der Waals surface area contributed by atoms with Crippen LogP contribution in [0.5, 0.6) is 0 Å². The molecule has 2 aromatic rings. The minimum Gasteiger partial charge on any atom is -0.401 e. The van der Waals surface area contributed by atoms with Crippen LogP contribution in [0.15, 0.2) is 78.3 Å². The van der Waals surface area contributed by atoms with Gasteiger partial charge >= 0.3 is 0 Å². The molecule has 2 unspecified atom stereocenters. The summed E-state index contributed by atoms with van der Waals surface area (Å²) in [5.41, 5.74) is 7.34. The van der Waals surface area contributed by atoms with Crippen molar-refractivity contribution in [1.29, 1.82) is 0 Å². The highest BCUT2D eigenvalue weighted by Crippen LogP contribution is 2.36. The first kappa shape index (κ1) is 16.7. The highest BCUT2D eigenvalue weighted by atomic mass is 79.9. The van der Waals surface area contributed by atoms with E-state index in [9.17, 15) is 8.78 Å². The van der Waals surface area contributed by atoms with Crippen molar-refractivity contribution in [2.45, 2.75) is 16.8 Å². The molecule has 0 heterocycles. The molecule has 0 radical (unpaired) electrons. The summed E-state index contributed by atoms with van der Waals surface area (Å²) in [5.74, 6) is -0.716. The van der Waals surface area contributed by atoms with Gasteiger partial charge in [-0.1, -0.05) is 46.3 Å². The number of benzene rings is 2. The SMILES string of the molecule is NC1=CC(F)=CC(Cc2ccccc2)(Nc2ccc(F)cc2)C1Br. The summed E-state index contributed by atoms with van der Waals surface area (Å²) in [7, 11) is 0. The van der Waals surface area contributed by atoms with Crippen molar-refractivity contribution in [3.05, 3.63) is 89.7 Å². The summed E-state index contributed by atoms with van der Waals surface area (Å²) in [5, 5.41) is 3.33. The zero-order valence-electron chi connectivity index (χ0n) is 12.8. The van der Waals surface area contributed by atoms with Gasteiger partial charge in [0.15, 0.2) is 0 Å². The van der Waals surface area contributed by atoms with Crippen LogP contribution in [-0.2, 0) is 6.42 Å². The van der Waals surface area contributed by atoms with E-state index in [1.54, 1.807) is 12.1 Å². The van der Waals surface area contributed by atoms with Gasteiger partial charge in [0.1, 0.15) is 11.6 Å². The van der Waals surface area contributed by atoms with E-state index < -0.39 is 11.4 Å². The fourth-order valence-electron chi connectivity index (χ4n) is 2.91. The number of anilines is 1. The van der Waals surface area contributed by atoms with Crippen molar-refractivity contribution in [2.75, 3.05) is 5.32 Å². The van der Waals surface area contributed by atoms with Crippen molar-refractivity contribution in [2.24, 2.45) is 5.73 Å². The van der Waals surface area contributed by atoms with Crippen molar-refractivity contribution in [3.8, 4) is 0 Å². The van der Waals surface area contributed by atoms with Crippen LogP contribution in [0.4, 0.5) is 14.5 Å². The van der Waals surface area contributed by atoms with Crippen LogP contribution in [0.25, 0.3) is 0 Å². The van der Waals surface area contributed by atoms with Gasteiger partial charge in [-0.3, -0.25) is 0 Å². The second-order valence-corrected chi connectivity index (χ2v) is 6.79. The molecule has 0 fully saturated rings. The molecule has 1 aliphatic carbocycles. The number of nitrogens with two attached hydrogens (primary N) is 1. The first-order valence-electron chi connectivity index (χ1n) is 7.56. The van der Waals surface area contributed by atoms with Crippen LogP contribution in [0, 0.1) is 5.82 Å². The fourth-order valence-corrected chi connectivity index (χ4v) is 3.45. The molecular formula is C19H17BrF2N2. The summed E-state index contributed by atoms with van der Waals surface area (Å²) < 4.78 is 27.3. The van der Waals surface area contributed by atoms with E-state index in [4.69, 9.17) is 5.73 Å². The van der Waals surface area contributed by atoms with Gasteiger partial charge in [0.05, 0.1) is 10.4 Å². The topological polar surface area (TPSA) is 38.0 Å². The molecule has 0 saturated heterocycles. The molecule has 0 spiro atoms. The fraction of sp³-hybridized carbons (Fsp3) is 0.158. The van der Waals surface area contributed by atoms with E-state index in [0.717, 1.165) is 5.56 Å². The number of hydrogen-bond donors (Lipinski definition) is 2. The molecule has 2 aromatic carbocycles. The highest BCUT2D eigenvalue weighted by Gasteiger charge is 2.40. The lowest BCUT2D eigenvalue weighted by Crippen LogP contribution is -2.50. The molecule has 5 heteroatoms. The largest absolute Gasteiger partial charge is 0.401 e. The Bertz CT molecular complexity index is 772. The molecule has 3 rings (SSSR count). The van der Waals surface area contributed by atoms with Gasteiger partial charge in [-0.05, 0) is 42.0 Å². The molecule has 0 amide bonds. The van der Waals surface area contributed by atoms with Crippen LogP contribution in [0.3, 0.4) is 0 Å². The predicted molar refractivity (Wildman–Crippen MR) is 97.1 cm³/mol. The maximum atomic E-state index is 14.2.